The molecule has 1 aliphatic carbocycles. The third kappa shape index (κ3) is 5.07. The fourth-order valence-electron chi connectivity index (χ4n) is 4.02. The van der Waals surface area contributed by atoms with E-state index in [1.165, 1.54) is 25.7 Å². The van der Waals surface area contributed by atoms with E-state index in [2.05, 4.69) is 46.9 Å². The minimum absolute atomic E-state index is 0.0641. The van der Waals surface area contributed by atoms with Crippen LogP contribution >= 0.6 is 0 Å². The van der Waals surface area contributed by atoms with Crippen molar-refractivity contribution in [2.75, 3.05) is 13.2 Å². The Morgan fingerprint density at radius 1 is 1.11 bits per heavy atom. The van der Waals surface area contributed by atoms with Crippen molar-refractivity contribution in [3.05, 3.63) is 0 Å². The highest BCUT2D eigenvalue weighted by Crippen LogP contribution is 2.38. The van der Waals surface area contributed by atoms with Gasteiger partial charge in [-0.3, -0.25) is 0 Å². The second-order valence-corrected chi connectivity index (χ2v) is 7.15. The Labute approximate surface area is 120 Å². The first-order chi connectivity index (χ1) is 8.90. The van der Waals surface area contributed by atoms with Crippen molar-refractivity contribution in [3.63, 3.8) is 0 Å². The zero-order chi connectivity index (χ0) is 14.5. The number of nitrogens with one attached hydrogen (secondary N) is 1. The summed E-state index contributed by atoms with van der Waals surface area (Å²) in [5.41, 5.74) is -0.0641. The van der Waals surface area contributed by atoms with Crippen LogP contribution in [-0.4, -0.2) is 24.8 Å². The maximum absolute atomic E-state index is 6.05. The molecule has 1 aliphatic rings. The van der Waals surface area contributed by atoms with Crippen molar-refractivity contribution in [3.8, 4) is 0 Å². The number of ether oxygens (including phenoxy) is 1. The van der Waals surface area contributed by atoms with Gasteiger partial charge in [0.15, 0.2) is 0 Å². The molecule has 0 aromatic rings. The SMILES string of the molecule is CCCNC(C1CC(C)CC(C)C1)C(C)(C)OCC. The Kier molecular flexibility index (Phi) is 6.82. The number of rotatable bonds is 7. The Hall–Kier alpha value is -0.0800. The van der Waals surface area contributed by atoms with Gasteiger partial charge < -0.3 is 10.1 Å². The normalized spacial score (nSPS) is 30.3. The molecule has 0 aromatic carbocycles. The molecule has 1 N–H and O–H groups in total. The average molecular weight is 269 g/mol. The van der Waals surface area contributed by atoms with Gasteiger partial charge in [0.25, 0.3) is 0 Å². The molecule has 1 rings (SSSR count). The van der Waals surface area contributed by atoms with E-state index in [1.807, 2.05) is 0 Å². The molecule has 2 nitrogen and oxygen atoms in total. The molecular weight excluding hydrogens is 234 g/mol. The highest BCUT2D eigenvalue weighted by molar-refractivity contribution is 4.94. The maximum atomic E-state index is 6.05. The largest absolute Gasteiger partial charge is 0.374 e. The van der Waals surface area contributed by atoms with Gasteiger partial charge in [-0.15, -0.1) is 0 Å². The Bertz CT molecular complexity index is 242. The summed E-state index contributed by atoms with van der Waals surface area (Å²) in [4.78, 5) is 0. The molecule has 3 unspecified atom stereocenters. The summed E-state index contributed by atoms with van der Waals surface area (Å²) in [6.45, 7) is 15.6. The van der Waals surface area contributed by atoms with Gasteiger partial charge in [-0.2, -0.15) is 0 Å². The summed E-state index contributed by atoms with van der Waals surface area (Å²) >= 11 is 0. The number of hydrogen-bond donors (Lipinski definition) is 1. The van der Waals surface area contributed by atoms with Gasteiger partial charge >= 0.3 is 0 Å². The smallest absolute Gasteiger partial charge is 0.0781 e. The molecule has 1 saturated carbocycles. The van der Waals surface area contributed by atoms with Crippen molar-refractivity contribution in [1.82, 2.24) is 5.32 Å². The molecule has 0 saturated heterocycles. The molecule has 0 spiro atoms. The molecule has 0 aromatic heterocycles. The fourth-order valence-corrected chi connectivity index (χ4v) is 4.02. The van der Waals surface area contributed by atoms with E-state index in [0.29, 0.717) is 6.04 Å². The molecule has 3 atom stereocenters. The van der Waals surface area contributed by atoms with E-state index in [4.69, 9.17) is 4.74 Å². The zero-order valence-electron chi connectivity index (χ0n) is 14.0. The maximum Gasteiger partial charge on any atom is 0.0781 e. The van der Waals surface area contributed by atoms with Gasteiger partial charge in [-0.25, -0.2) is 0 Å². The molecule has 0 radical (unpaired) electrons. The lowest BCUT2D eigenvalue weighted by molar-refractivity contribution is -0.0618. The van der Waals surface area contributed by atoms with Crippen LogP contribution in [0.1, 0.15) is 67.2 Å². The third-order valence-corrected chi connectivity index (χ3v) is 4.57. The molecule has 114 valence electrons. The fraction of sp³-hybridized carbons (Fsp3) is 1.00. The predicted molar refractivity (Wildman–Crippen MR) is 83.5 cm³/mol. The van der Waals surface area contributed by atoms with Crippen molar-refractivity contribution in [2.24, 2.45) is 17.8 Å². The lowest BCUT2D eigenvalue weighted by Gasteiger charge is -2.44. The lowest BCUT2D eigenvalue weighted by atomic mass is 9.70. The van der Waals surface area contributed by atoms with Gasteiger partial charge in [-0.1, -0.05) is 20.8 Å². The monoisotopic (exact) mass is 269 g/mol. The van der Waals surface area contributed by atoms with Crippen LogP contribution in [-0.2, 0) is 4.74 Å². The molecule has 0 amide bonds. The van der Waals surface area contributed by atoms with Crippen LogP contribution < -0.4 is 5.32 Å². The quantitative estimate of drug-likeness (QED) is 0.746. The van der Waals surface area contributed by atoms with Crippen LogP contribution in [0.2, 0.25) is 0 Å². The van der Waals surface area contributed by atoms with Crippen molar-refractivity contribution < 1.29 is 4.74 Å². The van der Waals surface area contributed by atoms with E-state index < -0.39 is 0 Å². The van der Waals surface area contributed by atoms with E-state index in [-0.39, 0.29) is 5.60 Å². The first-order valence-corrected chi connectivity index (χ1v) is 8.28. The second kappa shape index (κ2) is 7.64. The van der Waals surface area contributed by atoms with E-state index in [0.717, 1.165) is 30.9 Å². The molecule has 2 heteroatoms. The molecular formula is C17H35NO. The second-order valence-electron chi connectivity index (χ2n) is 7.15. The van der Waals surface area contributed by atoms with Crippen LogP contribution in [0.25, 0.3) is 0 Å². The summed E-state index contributed by atoms with van der Waals surface area (Å²) in [7, 11) is 0. The summed E-state index contributed by atoms with van der Waals surface area (Å²) < 4.78 is 6.05. The Morgan fingerprint density at radius 2 is 1.68 bits per heavy atom. The summed E-state index contributed by atoms with van der Waals surface area (Å²) in [5, 5.41) is 3.78. The van der Waals surface area contributed by atoms with Gasteiger partial charge in [0.1, 0.15) is 0 Å². The van der Waals surface area contributed by atoms with Gasteiger partial charge in [0.2, 0.25) is 0 Å². The minimum atomic E-state index is -0.0641. The summed E-state index contributed by atoms with van der Waals surface area (Å²) in [6.07, 6.45) is 5.28. The van der Waals surface area contributed by atoms with Crippen molar-refractivity contribution >= 4 is 0 Å². The molecule has 0 bridgehead atoms. The third-order valence-electron chi connectivity index (χ3n) is 4.57. The van der Waals surface area contributed by atoms with Crippen LogP contribution in [0, 0.1) is 17.8 Å². The van der Waals surface area contributed by atoms with Crippen LogP contribution in [0.5, 0.6) is 0 Å². The van der Waals surface area contributed by atoms with Crippen molar-refractivity contribution in [2.45, 2.75) is 78.9 Å². The first kappa shape index (κ1) is 17.0. The van der Waals surface area contributed by atoms with E-state index >= 15 is 0 Å². The van der Waals surface area contributed by atoms with Gasteiger partial charge in [-0.05, 0) is 70.8 Å². The standard InChI is InChI=1S/C17H35NO/c1-7-9-18-16(17(5,6)19-8-2)15-11-13(3)10-14(4)12-15/h13-16,18H,7-12H2,1-6H3. The highest BCUT2D eigenvalue weighted by atomic mass is 16.5. The van der Waals surface area contributed by atoms with Crippen molar-refractivity contribution in [1.29, 1.82) is 0 Å². The first-order valence-electron chi connectivity index (χ1n) is 8.28. The van der Waals surface area contributed by atoms with Gasteiger partial charge in [0, 0.05) is 12.6 Å². The van der Waals surface area contributed by atoms with E-state index in [9.17, 15) is 0 Å². The Balaban J connectivity index is 2.77. The molecule has 1 fully saturated rings. The summed E-state index contributed by atoms with van der Waals surface area (Å²) in [5.74, 6) is 2.47. The Morgan fingerprint density at radius 3 is 2.16 bits per heavy atom. The van der Waals surface area contributed by atoms with Crippen LogP contribution in [0.3, 0.4) is 0 Å². The van der Waals surface area contributed by atoms with Gasteiger partial charge in [0.05, 0.1) is 5.60 Å². The molecule has 19 heavy (non-hydrogen) atoms. The van der Waals surface area contributed by atoms with E-state index in [1.54, 1.807) is 0 Å². The minimum Gasteiger partial charge on any atom is -0.374 e. The zero-order valence-corrected chi connectivity index (χ0v) is 14.0. The lowest BCUT2D eigenvalue weighted by Crippen LogP contribution is -2.54. The predicted octanol–water partition coefficient (Wildman–Crippen LogP) is 4.24. The molecule has 0 aliphatic heterocycles. The average Bonchev–Trinajstić information content (AvgIpc) is 2.27. The topological polar surface area (TPSA) is 21.3 Å². The molecule has 0 heterocycles. The number of hydrogen-bond acceptors (Lipinski definition) is 2. The van der Waals surface area contributed by atoms with Crippen LogP contribution in [0.15, 0.2) is 0 Å². The highest BCUT2D eigenvalue weighted by Gasteiger charge is 2.38. The van der Waals surface area contributed by atoms with Crippen LogP contribution in [0.4, 0.5) is 0 Å². The summed E-state index contributed by atoms with van der Waals surface area (Å²) in [6, 6.07) is 0.484.